The average molecular weight is 502 g/mol. The number of para-hydroxylation sites is 2. The Labute approximate surface area is 224 Å². The van der Waals surface area contributed by atoms with Crippen molar-refractivity contribution in [2.45, 2.75) is 0 Å². The summed E-state index contributed by atoms with van der Waals surface area (Å²) in [5.74, 6) is 0. The number of nitrogens with one attached hydrogen (secondary N) is 1. The molecule has 1 N–H and O–H groups in total. The van der Waals surface area contributed by atoms with E-state index < -0.39 is 0 Å². The quantitative estimate of drug-likeness (QED) is 0.261. The summed E-state index contributed by atoms with van der Waals surface area (Å²) in [5.41, 5.74) is 9.58. The molecule has 0 aliphatic rings. The first-order valence-corrected chi connectivity index (χ1v) is 13.0. The van der Waals surface area contributed by atoms with Crippen LogP contribution in [0.25, 0.3) is 60.6 Å². The summed E-state index contributed by atoms with van der Waals surface area (Å²) in [6.07, 6.45) is 3.72. The number of benzene rings is 5. The third-order valence-electron chi connectivity index (χ3n) is 7.47. The molecule has 0 saturated heterocycles. The molecule has 3 heterocycles. The summed E-state index contributed by atoms with van der Waals surface area (Å²) in [6, 6.07) is 42.3. The maximum atomic E-state index is 6.10. The largest absolute Gasteiger partial charge is 0.456 e. The van der Waals surface area contributed by atoms with E-state index in [0.29, 0.717) is 0 Å². The minimum atomic E-state index is 0.910. The van der Waals surface area contributed by atoms with E-state index >= 15 is 0 Å². The fourth-order valence-corrected chi connectivity index (χ4v) is 5.73. The summed E-state index contributed by atoms with van der Waals surface area (Å²) in [6.45, 7) is 0. The SMILES string of the molecule is c1cncc(-n2c3ccccc3c3ccc(Nc4ccc(-c5cccc6oc7ccccc7c56)cc4)cc32)c1. The van der Waals surface area contributed by atoms with Crippen molar-refractivity contribution in [1.29, 1.82) is 0 Å². The average Bonchev–Trinajstić information content (AvgIpc) is 3.53. The normalized spacial score (nSPS) is 11.6. The minimum absolute atomic E-state index is 0.910. The molecule has 3 aromatic heterocycles. The van der Waals surface area contributed by atoms with Gasteiger partial charge in [0.15, 0.2) is 0 Å². The first-order valence-electron chi connectivity index (χ1n) is 13.0. The predicted molar refractivity (Wildman–Crippen MR) is 161 cm³/mol. The molecular formula is C35H23N3O. The van der Waals surface area contributed by atoms with Gasteiger partial charge in [-0.25, -0.2) is 0 Å². The second-order valence-electron chi connectivity index (χ2n) is 9.77. The van der Waals surface area contributed by atoms with Crippen molar-refractivity contribution >= 4 is 55.1 Å². The highest BCUT2D eigenvalue weighted by atomic mass is 16.3. The standard InChI is InChI=1S/C35H23N3O/c1-3-11-31-28(8-1)29-19-18-25(21-32(29)38(31)26-7-6-20-36-22-26)37-24-16-14-23(15-17-24)27-10-5-13-34-35(27)30-9-2-4-12-33(30)39-34/h1-22,37H. The van der Waals surface area contributed by atoms with E-state index in [1.165, 1.54) is 21.9 Å². The Morgan fingerprint density at radius 1 is 0.590 bits per heavy atom. The van der Waals surface area contributed by atoms with Gasteiger partial charge in [0.2, 0.25) is 0 Å². The molecule has 0 radical (unpaired) electrons. The number of aromatic nitrogens is 2. The number of nitrogens with zero attached hydrogens (tertiary/aromatic N) is 2. The topological polar surface area (TPSA) is 43.0 Å². The molecule has 0 bridgehead atoms. The van der Waals surface area contributed by atoms with Crippen LogP contribution in [0.3, 0.4) is 0 Å². The van der Waals surface area contributed by atoms with E-state index in [0.717, 1.165) is 50.1 Å². The number of anilines is 2. The lowest BCUT2D eigenvalue weighted by atomic mass is 9.99. The molecule has 184 valence electrons. The fraction of sp³-hybridized carbons (Fsp3) is 0. The third-order valence-corrected chi connectivity index (χ3v) is 7.47. The molecular weight excluding hydrogens is 478 g/mol. The van der Waals surface area contributed by atoms with Crippen LogP contribution in [0.5, 0.6) is 0 Å². The van der Waals surface area contributed by atoms with Crippen LogP contribution in [0, 0.1) is 0 Å². The minimum Gasteiger partial charge on any atom is -0.456 e. The molecule has 8 aromatic rings. The number of furan rings is 1. The van der Waals surface area contributed by atoms with Gasteiger partial charge in [0.1, 0.15) is 11.2 Å². The molecule has 0 amide bonds. The van der Waals surface area contributed by atoms with Gasteiger partial charge in [-0.2, -0.15) is 0 Å². The molecule has 0 spiro atoms. The monoisotopic (exact) mass is 501 g/mol. The molecule has 0 saturated carbocycles. The van der Waals surface area contributed by atoms with E-state index in [9.17, 15) is 0 Å². The first kappa shape index (κ1) is 21.7. The number of rotatable bonds is 4. The highest BCUT2D eigenvalue weighted by Gasteiger charge is 2.14. The fourth-order valence-electron chi connectivity index (χ4n) is 5.73. The predicted octanol–water partition coefficient (Wildman–Crippen LogP) is 9.49. The third kappa shape index (κ3) is 3.50. The van der Waals surface area contributed by atoms with E-state index in [-0.39, 0.29) is 0 Å². The Morgan fingerprint density at radius 3 is 2.23 bits per heavy atom. The molecule has 4 heteroatoms. The van der Waals surface area contributed by atoms with Crippen molar-refractivity contribution in [3.05, 3.63) is 134 Å². The molecule has 5 aromatic carbocycles. The lowest BCUT2D eigenvalue weighted by Gasteiger charge is -2.11. The summed E-state index contributed by atoms with van der Waals surface area (Å²) >= 11 is 0. The lowest BCUT2D eigenvalue weighted by Crippen LogP contribution is -1.95. The van der Waals surface area contributed by atoms with Crippen molar-refractivity contribution in [1.82, 2.24) is 9.55 Å². The van der Waals surface area contributed by atoms with Gasteiger partial charge in [-0.1, -0.05) is 66.7 Å². The van der Waals surface area contributed by atoms with Crippen LogP contribution >= 0.6 is 0 Å². The zero-order valence-electron chi connectivity index (χ0n) is 21.0. The van der Waals surface area contributed by atoms with Crippen molar-refractivity contribution < 1.29 is 4.42 Å². The summed E-state index contributed by atoms with van der Waals surface area (Å²) in [4.78, 5) is 4.37. The summed E-state index contributed by atoms with van der Waals surface area (Å²) < 4.78 is 8.38. The Balaban J connectivity index is 1.18. The molecule has 0 atom stereocenters. The van der Waals surface area contributed by atoms with Gasteiger partial charge in [0.05, 0.1) is 22.9 Å². The Hall–Kier alpha value is -5.35. The Kier molecular flexibility index (Phi) is 4.79. The van der Waals surface area contributed by atoms with E-state index in [1.54, 1.807) is 0 Å². The second kappa shape index (κ2) is 8.61. The lowest BCUT2D eigenvalue weighted by molar-refractivity contribution is 0.669. The van der Waals surface area contributed by atoms with Gasteiger partial charge in [0.25, 0.3) is 0 Å². The summed E-state index contributed by atoms with van der Waals surface area (Å²) in [5, 5.41) is 8.36. The maximum absolute atomic E-state index is 6.10. The number of fused-ring (bicyclic) bond motifs is 6. The molecule has 39 heavy (non-hydrogen) atoms. The van der Waals surface area contributed by atoms with Crippen LogP contribution in [0.2, 0.25) is 0 Å². The maximum Gasteiger partial charge on any atom is 0.136 e. The molecule has 0 aliphatic carbocycles. The Morgan fingerprint density at radius 2 is 1.36 bits per heavy atom. The van der Waals surface area contributed by atoms with Crippen molar-refractivity contribution in [2.24, 2.45) is 0 Å². The molecule has 4 nitrogen and oxygen atoms in total. The second-order valence-corrected chi connectivity index (χ2v) is 9.77. The molecule has 0 aliphatic heterocycles. The van der Waals surface area contributed by atoms with Crippen LogP contribution in [-0.2, 0) is 0 Å². The van der Waals surface area contributed by atoms with Gasteiger partial charge in [-0.05, 0) is 65.7 Å². The number of hydrogen-bond donors (Lipinski definition) is 1. The van der Waals surface area contributed by atoms with Gasteiger partial charge in [-0.3, -0.25) is 4.98 Å². The zero-order chi connectivity index (χ0) is 25.8. The van der Waals surface area contributed by atoms with Crippen LogP contribution in [0.15, 0.2) is 138 Å². The smallest absolute Gasteiger partial charge is 0.136 e. The van der Waals surface area contributed by atoms with Crippen LogP contribution in [-0.4, -0.2) is 9.55 Å². The summed E-state index contributed by atoms with van der Waals surface area (Å²) in [7, 11) is 0. The van der Waals surface area contributed by atoms with Gasteiger partial charge in [-0.15, -0.1) is 0 Å². The van der Waals surface area contributed by atoms with Crippen molar-refractivity contribution in [3.8, 4) is 16.8 Å². The highest BCUT2D eigenvalue weighted by Crippen LogP contribution is 2.37. The number of hydrogen-bond acceptors (Lipinski definition) is 3. The van der Waals surface area contributed by atoms with Crippen LogP contribution in [0.4, 0.5) is 11.4 Å². The molecule has 8 rings (SSSR count). The van der Waals surface area contributed by atoms with E-state index in [2.05, 4.69) is 112 Å². The zero-order valence-corrected chi connectivity index (χ0v) is 21.0. The number of pyridine rings is 1. The van der Waals surface area contributed by atoms with E-state index in [4.69, 9.17) is 4.42 Å². The van der Waals surface area contributed by atoms with Gasteiger partial charge >= 0.3 is 0 Å². The molecule has 0 fully saturated rings. The van der Waals surface area contributed by atoms with Crippen LogP contribution < -0.4 is 5.32 Å². The first-order chi connectivity index (χ1) is 19.3. The van der Waals surface area contributed by atoms with E-state index in [1.807, 2.05) is 36.7 Å². The van der Waals surface area contributed by atoms with Gasteiger partial charge in [0, 0.05) is 39.1 Å². The van der Waals surface area contributed by atoms with Crippen molar-refractivity contribution in [2.75, 3.05) is 5.32 Å². The molecule has 0 unspecified atom stereocenters. The van der Waals surface area contributed by atoms with Crippen molar-refractivity contribution in [3.63, 3.8) is 0 Å². The van der Waals surface area contributed by atoms with Crippen LogP contribution in [0.1, 0.15) is 0 Å². The highest BCUT2D eigenvalue weighted by molar-refractivity contribution is 6.12. The van der Waals surface area contributed by atoms with Gasteiger partial charge < -0.3 is 14.3 Å². The Bertz CT molecular complexity index is 2140.